The number of nitriles is 1. The molecule has 2 atom stereocenters. The smallest absolute Gasteiger partial charge is 0.212 e. The zero-order valence-corrected chi connectivity index (χ0v) is 19.8. The molecule has 0 aliphatic carbocycles. The first-order valence-corrected chi connectivity index (χ1v) is 12.4. The lowest BCUT2D eigenvalue weighted by molar-refractivity contribution is -0.137. The average molecular weight is 507 g/mol. The van der Waals surface area contributed by atoms with E-state index in [4.69, 9.17) is 11.6 Å². The lowest BCUT2D eigenvalue weighted by atomic mass is 9.86. The van der Waals surface area contributed by atoms with Gasteiger partial charge in [0, 0.05) is 17.0 Å². The topological polar surface area (TPSA) is 70.0 Å². The van der Waals surface area contributed by atoms with Crippen LogP contribution < -0.4 is 4.72 Å². The number of hydrogen-bond donors (Lipinski definition) is 1. The quantitative estimate of drug-likeness (QED) is 0.403. The first kappa shape index (κ1) is 25.8. The third-order valence-electron chi connectivity index (χ3n) is 5.39. The van der Waals surface area contributed by atoms with Gasteiger partial charge < -0.3 is 0 Å². The Labute approximate surface area is 202 Å². The normalized spacial score (nSPS) is 13.8. The molecule has 34 heavy (non-hydrogen) atoms. The SMILES string of the molecule is CC(NS(=O)(=O)Cc1cccc(C(F)(F)F)c1)C(Cc1ccc(Cl)cc1)c1cccc(C#N)c1. The molecule has 0 amide bonds. The molecule has 0 saturated carbocycles. The van der Waals surface area contributed by atoms with E-state index in [2.05, 4.69) is 10.8 Å². The Bertz CT molecular complexity index is 1290. The zero-order chi connectivity index (χ0) is 24.9. The van der Waals surface area contributed by atoms with Gasteiger partial charge in [-0.25, -0.2) is 13.1 Å². The Kier molecular flexibility index (Phi) is 8.03. The molecule has 3 aromatic carbocycles. The second kappa shape index (κ2) is 10.6. The molecule has 0 aliphatic heterocycles. The van der Waals surface area contributed by atoms with E-state index < -0.39 is 33.6 Å². The van der Waals surface area contributed by atoms with Crippen LogP contribution in [0, 0.1) is 11.3 Å². The molecule has 3 rings (SSSR count). The summed E-state index contributed by atoms with van der Waals surface area (Å²) in [5.74, 6) is -0.932. The van der Waals surface area contributed by atoms with Crippen molar-refractivity contribution in [1.29, 1.82) is 5.26 Å². The number of alkyl halides is 3. The number of nitrogens with zero attached hydrogens (tertiary/aromatic N) is 1. The van der Waals surface area contributed by atoms with E-state index in [1.165, 1.54) is 12.1 Å². The van der Waals surface area contributed by atoms with Crippen LogP contribution in [0.1, 0.15) is 40.7 Å². The number of halogens is 4. The molecule has 0 heterocycles. The highest BCUT2D eigenvalue weighted by atomic mass is 35.5. The molecule has 178 valence electrons. The van der Waals surface area contributed by atoms with Gasteiger partial charge >= 0.3 is 6.18 Å². The molecule has 0 aromatic heterocycles. The number of benzene rings is 3. The van der Waals surface area contributed by atoms with Crippen LogP contribution in [0.5, 0.6) is 0 Å². The minimum atomic E-state index is -4.56. The van der Waals surface area contributed by atoms with Crippen LogP contribution in [0.3, 0.4) is 0 Å². The van der Waals surface area contributed by atoms with Gasteiger partial charge in [-0.2, -0.15) is 18.4 Å². The zero-order valence-electron chi connectivity index (χ0n) is 18.2. The highest BCUT2D eigenvalue weighted by molar-refractivity contribution is 7.88. The summed E-state index contributed by atoms with van der Waals surface area (Å²) in [4.78, 5) is 0. The predicted octanol–water partition coefficient (Wildman–Crippen LogP) is 6.06. The maximum Gasteiger partial charge on any atom is 0.416 e. The van der Waals surface area contributed by atoms with Crippen LogP contribution in [-0.4, -0.2) is 14.5 Å². The number of rotatable bonds is 8. The molecular formula is C25H22ClF3N2O2S. The summed E-state index contributed by atoms with van der Waals surface area (Å²) in [6.07, 6.45) is -4.10. The van der Waals surface area contributed by atoms with Gasteiger partial charge in [-0.05, 0) is 60.4 Å². The second-order valence-electron chi connectivity index (χ2n) is 8.04. The van der Waals surface area contributed by atoms with Crippen molar-refractivity contribution >= 4 is 21.6 Å². The molecule has 1 N–H and O–H groups in total. The van der Waals surface area contributed by atoms with Gasteiger partial charge in [0.2, 0.25) is 10.0 Å². The molecule has 0 saturated heterocycles. The Balaban J connectivity index is 1.86. The van der Waals surface area contributed by atoms with E-state index in [1.54, 1.807) is 37.3 Å². The van der Waals surface area contributed by atoms with Crippen molar-refractivity contribution in [3.05, 3.63) is 106 Å². The van der Waals surface area contributed by atoms with Crippen LogP contribution in [0.25, 0.3) is 0 Å². The van der Waals surface area contributed by atoms with Crippen molar-refractivity contribution in [2.24, 2.45) is 0 Å². The molecule has 2 unspecified atom stereocenters. The second-order valence-corrected chi connectivity index (χ2v) is 10.2. The monoisotopic (exact) mass is 506 g/mol. The number of hydrogen-bond acceptors (Lipinski definition) is 3. The summed E-state index contributed by atoms with van der Waals surface area (Å²) in [6, 6.07) is 19.8. The third-order valence-corrected chi connectivity index (χ3v) is 7.09. The fourth-order valence-corrected chi connectivity index (χ4v) is 5.32. The summed E-state index contributed by atoms with van der Waals surface area (Å²) in [5.41, 5.74) is 1.26. The van der Waals surface area contributed by atoms with E-state index in [0.29, 0.717) is 17.0 Å². The Morgan fingerprint density at radius 2 is 1.68 bits per heavy atom. The highest BCUT2D eigenvalue weighted by Crippen LogP contribution is 2.30. The Hall–Kier alpha value is -2.86. The maximum atomic E-state index is 13.0. The summed E-state index contributed by atoms with van der Waals surface area (Å²) in [5, 5.41) is 9.85. The minimum absolute atomic E-state index is 0.0373. The molecule has 3 aromatic rings. The summed E-state index contributed by atoms with van der Waals surface area (Å²) in [6.45, 7) is 1.70. The summed E-state index contributed by atoms with van der Waals surface area (Å²) in [7, 11) is -3.97. The van der Waals surface area contributed by atoms with E-state index in [0.717, 1.165) is 23.3 Å². The van der Waals surface area contributed by atoms with Crippen molar-refractivity contribution in [3.63, 3.8) is 0 Å². The van der Waals surface area contributed by atoms with Crippen LogP contribution in [0.2, 0.25) is 5.02 Å². The third kappa shape index (κ3) is 7.07. The van der Waals surface area contributed by atoms with Gasteiger partial charge in [-0.1, -0.05) is 54.1 Å². The van der Waals surface area contributed by atoms with Crippen molar-refractivity contribution < 1.29 is 21.6 Å². The fourth-order valence-electron chi connectivity index (χ4n) is 3.76. The average Bonchev–Trinajstić information content (AvgIpc) is 2.77. The highest BCUT2D eigenvalue weighted by Gasteiger charge is 2.31. The van der Waals surface area contributed by atoms with E-state index in [9.17, 15) is 26.9 Å². The lowest BCUT2D eigenvalue weighted by Crippen LogP contribution is -2.38. The molecule has 0 bridgehead atoms. The van der Waals surface area contributed by atoms with Gasteiger partial charge in [0.15, 0.2) is 0 Å². The van der Waals surface area contributed by atoms with Gasteiger partial charge in [0.25, 0.3) is 0 Å². The van der Waals surface area contributed by atoms with Crippen LogP contribution >= 0.6 is 11.6 Å². The maximum absolute atomic E-state index is 13.0. The van der Waals surface area contributed by atoms with Gasteiger partial charge in [0.1, 0.15) is 0 Å². The Morgan fingerprint density at radius 1 is 1.00 bits per heavy atom. The number of sulfonamides is 1. The first-order valence-electron chi connectivity index (χ1n) is 10.4. The van der Waals surface area contributed by atoms with E-state index in [1.807, 2.05) is 18.2 Å². The molecule has 0 fully saturated rings. The Morgan fingerprint density at radius 3 is 2.32 bits per heavy atom. The number of nitrogens with one attached hydrogen (secondary N) is 1. The van der Waals surface area contributed by atoms with Crippen LogP contribution in [0.4, 0.5) is 13.2 Å². The minimum Gasteiger partial charge on any atom is -0.212 e. The first-order chi connectivity index (χ1) is 16.0. The molecule has 9 heteroatoms. The molecule has 4 nitrogen and oxygen atoms in total. The molecule has 0 radical (unpaired) electrons. The van der Waals surface area contributed by atoms with E-state index >= 15 is 0 Å². The van der Waals surface area contributed by atoms with Crippen molar-refractivity contribution in [2.45, 2.75) is 37.2 Å². The van der Waals surface area contributed by atoms with E-state index in [-0.39, 0.29) is 11.5 Å². The van der Waals surface area contributed by atoms with Gasteiger partial charge in [0.05, 0.1) is 22.9 Å². The molecule has 0 aliphatic rings. The summed E-state index contributed by atoms with van der Waals surface area (Å²) < 4.78 is 67.3. The van der Waals surface area contributed by atoms with Gasteiger partial charge in [-0.15, -0.1) is 0 Å². The summed E-state index contributed by atoms with van der Waals surface area (Å²) >= 11 is 5.97. The standard InChI is InChI=1S/C25H22ClF3N2O2S/c1-17(31-34(32,33)16-20-5-3-7-22(13-20)25(27,28)29)24(14-18-8-10-23(26)11-9-18)21-6-2-4-19(12-21)15-30/h2-13,17,24,31H,14,16H2,1H3. The fraction of sp³-hybridized carbons (Fsp3) is 0.240. The van der Waals surface area contributed by atoms with Gasteiger partial charge in [-0.3, -0.25) is 0 Å². The lowest BCUT2D eigenvalue weighted by Gasteiger charge is -2.26. The van der Waals surface area contributed by atoms with Crippen LogP contribution in [0.15, 0.2) is 72.8 Å². The largest absolute Gasteiger partial charge is 0.416 e. The molecule has 0 spiro atoms. The molecular weight excluding hydrogens is 485 g/mol. The predicted molar refractivity (Wildman–Crippen MR) is 126 cm³/mol. The van der Waals surface area contributed by atoms with Crippen molar-refractivity contribution in [3.8, 4) is 6.07 Å². The van der Waals surface area contributed by atoms with Crippen molar-refractivity contribution in [1.82, 2.24) is 4.72 Å². The van der Waals surface area contributed by atoms with Crippen LogP contribution in [-0.2, 0) is 28.4 Å². The van der Waals surface area contributed by atoms with Crippen molar-refractivity contribution in [2.75, 3.05) is 0 Å².